The number of pyridine rings is 1. The van der Waals surface area contributed by atoms with E-state index in [2.05, 4.69) is 0 Å². The number of carbonyl (C=O) groups excluding carboxylic acids is 1. The summed E-state index contributed by atoms with van der Waals surface area (Å²) in [6, 6.07) is 22.9. The van der Waals surface area contributed by atoms with Crippen LogP contribution in [0.1, 0.15) is 17.3 Å². The van der Waals surface area contributed by atoms with Crippen molar-refractivity contribution >= 4 is 11.3 Å². The third-order valence-corrected chi connectivity index (χ3v) is 4.40. The van der Waals surface area contributed by atoms with E-state index in [0.717, 1.165) is 33.5 Å². The zero-order chi connectivity index (χ0) is 17.4. The summed E-state index contributed by atoms with van der Waals surface area (Å²) in [6.07, 6.45) is 1.97. The van der Waals surface area contributed by atoms with Crippen LogP contribution in [0.25, 0.3) is 27.9 Å². The van der Waals surface area contributed by atoms with E-state index < -0.39 is 0 Å². The molecule has 0 saturated carbocycles. The highest BCUT2D eigenvalue weighted by Gasteiger charge is 2.22. The van der Waals surface area contributed by atoms with Crippen molar-refractivity contribution in [3.63, 3.8) is 0 Å². The molecule has 4 aromatic rings. The summed E-state index contributed by atoms with van der Waals surface area (Å²) >= 11 is 0. The van der Waals surface area contributed by atoms with Gasteiger partial charge in [0.1, 0.15) is 5.75 Å². The quantitative estimate of drug-likeness (QED) is 0.527. The number of rotatable bonds is 3. The first-order chi connectivity index (χ1) is 12.2. The van der Waals surface area contributed by atoms with E-state index in [-0.39, 0.29) is 11.5 Å². The van der Waals surface area contributed by atoms with Gasteiger partial charge in [-0.3, -0.25) is 4.79 Å². The van der Waals surface area contributed by atoms with Crippen LogP contribution < -0.4 is 0 Å². The van der Waals surface area contributed by atoms with Crippen LogP contribution in [0.15, 0.2) is 79.0 Å². The number of benzene rings is 2. The Morgan fingerprint density at radius 2 is 1.52 bits per heavy atom. The van der Waals surface area contributed by atoms with Crippen molar-refractivity contribution in [2.75, 3.05) is 0 Å². The molecular formula is C22H17NO2. The zero-order valence-corrected chi connectivity index (χ0v) is 13.8. The van der Waals surface area contributed by atoms with Crippen LogP contribution in [0.3, 0.4) is 0 Å². The van der Waals surface area contributed by atoms with E-state index >= 15 is 0 Å². The molecule has 0 amide bonds. The first kappa shape index (κ1) is 15.2. The lowest BCUT2D eigenvalue weighted by Crippen LogP contribution is -1.94. The van der Waals surface area contributed by atoms with Crippen molar-refractivity contribution in [2.24, 2.45) is 0 Å². The summed E-state index contributed by atoms with van der Waals surface area (Å²) in [6.45, 7) is 1.61. The highest BCUT2D eigenvalue weighted by Crippen LogP contribution is 2.39. The molecule has 0 aliphatic carbocycles. The van der Waals surface area contributed by atoms with Crippen molar-refractivity contribution in [2.45, 2.75) is 6.92 Å². The van der Waals surface area contributed by atoms with E-state index in [4.69, 9.17) is 0 Å². The maximum absolute atomic E-state index is 12.5. The Morgan fingerprint density at radius 3 is 2.20 bits per heavy atom. The predicted molar refractivity (Wildman–Crippen MR) is 99.9 cm³/mol. The van der Waals surface area contributed by atoms with Crippen LogP contribution in [0.5, 0.6) is 5.75 Å². The van der Waals surface area contributed by atoms with Crippen LogP contribution >= 0.6 is 0 Å². The minimum Gasteiger partial charge on any atom is -0.508 e. The van der Waals surface area contributed by atoms with E-state index in [1.54, 1.807) is 19.1 Å². The van der Waals surface area contributed by atoms with Crippen LogP contribution in [-0.2, 0) is 0 Å². The van der Waals surface area contributed by atoms with Crippen LogP contribution in [0, 0.1) is 0 Å². The van der Waals surface area contributed by atoms with Gasteiger partial charge in [-0.2, -0.15) is 0 Å². The summed E-state index contributed by atoms with van der Waals surface area (Å²) in [5.74, 6) is 0.255. The second-order valence-corrected chi connectivity index (χ2v) is 6.02. The molecule has 0 radical (unpaired) electrons. The Labute approximate surface area is 145 Å². The molecule has 25 heavy (non-hydrogen) atoms. The molecule has 0 atom stereocenters. The standard InChI is InChI=1S/C22H17NO2/c1-15(24)20-19-9-5-6-14-23(19)22(17-10-12-18(25)13-11-17)21(20)16-7-3-2-4-8-16/h2-14,25H,1H3. The highest BCUT2D eigenvalue weighted by molar-refractivity contribution is 6.11. The number of hydrogen-bond donors (Lipinski definition) is 1. The molecule has 3 heteroatoms. The van der Waals surface area contributed by atoms with Crippen LogP contribution in [0.2, 0.25) is 0 Å². The number of fused-ring (bicyclic) bond motifs is 1. The molecule has 3 nitrogen and oxygen atoms in total. The first-order valence-corrected chi connectivity index (χ1v) is 8.15. The number of hydrogen-bond acceptors (Lipinski definition) is 2. The van der Waals surface area contributed by atoms with Crippen LogP contribution in [0.4, 0.5) is 0 Å². The van der Waals surface area contributed by atoms with Gasteiger partial charge in [0.05, 0.1) is 16.8 Å². The minimum atomic E-state index is 0.0348. The normalized spacial score (nSPS) is 10.9. The molecule has 0 fully saturated rings. The van der Waals surface area contributed by atoms with Gasteiger partial charge in [-0.25, -0.2) is 0 Å². The molecule has 2 aromatic heterocycles. The van der Waals surface area contributed by atoms with Gasteiger partial charge in [0.25, 0.3) is 0 Å². The monoisotopic (exact) mass is 327 g/mol. The number of aromatic hydroxyl groups is 1. The Balaban J connectivity index is 2.16. The molecule has 0 aliphatic rings. The molecule has 0 aliphatic heterocycles. The summed E-state index contributed by atoms with van der Waals surface area (Å²) in [4.78, 5) is 12.5. The number of ketones is 1. The minimum absolute atomic E-state index is 0.0348. The van der Waals surface area contributed by atoms with E-state index in [9.17, 15) is 9.90 Å². The number of Topliss-reactive ketones (excluding diaryl/α,β-unsaturated/α-hetero) is 1. The predicted octanol–water partition coefficient (Wildman–Crippen LogP) is 5.18. The van der Waals surface area contributed by atoms with Gasteiger partial charge in [-0.15, -0.1) is 0 Å². The largest absolute Gasteiger partial charge is 0.508 e. The summed E-state index contributed by atoms with van der Waals surface area (Å²) in [5, 5.41) is 9.64. The Bertz CT molecular complexity index is 1060. The van der Waals surface area contributed by atoms with E-state index in [1.807, 2.05) is 71.3 Å². The third-order valence-electron chi connectivity index (χ3n) is 4.40. The fraction of sp³-hybridized carbons (Fsp3) is 0.0455. The van der Waals surface area contributed by atoms with Gasteiger partial charge in [0, 0.05) is 11.8 Å². The second kappa shape index (κ2) is 5.95. The van der Waals surface area contributed by atoms with E-state index in [1.165, 1.54) is 0 Å². The lowest BCUT2D eigenvalue weighted by molar-refractivity contribution is 0.102. The Hall–Kier alpha value is -3.33. The summed E-state index contributed by atoms with van der Waals surface area (Å²) in [7, 11) is 0. The van der Waals surface area contributed by atoms with Gasteiger partial charge in [0.2, 0.25) is 0 Å². The lowest BCUT2D eigenvalue weighted by atomic mass is 9.95. The number of phenols is 1. The maximum atomic E-state index is 12.5. The van der Waals surface area contributed by atoms with Gasteiger partial charge < -0.3 is 9.51 Å². The Morgan fingerprint density at radius 1 is 0.840 bits per heavy atom. The molecule has 0 unspecified atom stereocenters. The summed E-state index contributed by atoms with van der Waals surface area (Å²) < 4.78 is 2.05. The molecular weight excluding hydrogens is 310 g/mol. The number of phenolic OH excluding ortho intramolecular Hbond substituents is 1. The fourth-order valence-corrected chi connectivity index (χ4v) is 3.35. The molecule has 0 bridgehead atoms. The SMILES string of the molecule is CC(=O)c1c(-c2ccccc2)c(-c2ccc(O)cc2)n2ccccc12. The lowest BCUT2D eigenvalue weighted by Gasteiger charge is -2.08. The number of aromatic nitrogens is 1. The average Bonchev–Trinajstić information content (AvgIpc) is 2.98. The zero-order valence-electron chi connectivity index (χ0n) is 13.8. The van der Waals surface area contributed by atoms with E-state index in [0.29, 0.717) is 0 Å². The van der Waals surface area contributed by atoms with Crippen molar-refractivity contribution in [3.05, 3.63) is 84.6 Å². The Kier molecular flexibility index (Phi) is 3.62. The molecule has 1 N–H and O–H groups in total. The molecule has 4 rings (SSSR count). The van der Waals surface area contributed by atoms with Crippen LogP contribution in [-0.4, -0.2) is 15.3 Å². The van der Waals surface area contributed by atoms with Crippen molar-refractivity contribution in [3.8, 4) is 28.1 Å². The van der Waals surface area contributed by atoms with Gasteiger partial charge in [0.15, 0.2) is 5.78 Å². The average molecular weight is 327 g/mol. The fourth-order valence-electron chi connectivity index (χ4n) is 3.35. The molecule has 2 heterocycles. The first-order valence-electron chi connectivity index (χ1n) is 8.15. The molecule has 122 valence electrons. The second-order valence-electron chi connectivity index (χ2n) is 6.02. The summed E-state index contributed by atoms with van der Waals surface area (Å²) in [5.41, 5.74) is 5.42. The third kappa shape index (κ3) is 2.50. The van der Waals surface area contributed by atoms with Gasteiger partial charge in [-0.05, 0) is 54.4 Å². The maximum Gasteiger partial charge on any atom is 0.162 e. The smallest absolute Gasteiger partial charge is 0.162 e. The van der Waals surface area contributed by atoms with Crippen molar-refractivity contribution in [1.29, 1.82) is 0 Å². The number of nitrogens with zero attached hydrogens (tertiary/aromatic N) is 1. The number of carbonyl (C=O) groups is 1. The van der Waals surface area contributed by atoms with Crippen molar-refractivity contribution < 1.29 is 9.90 Å². The van der Waals surface area contributed by atoms with Gasteiger partial charge >= 0.3 is 0 Å². The topological polar surface area (TPSA) is 41.7 Å². The molecule has 2 aromatic carbocycles. The molecule has 0 spiro atoms. The highest BCUT2D eigenvalue weighted by atomic mass is 16.3. The van der Waals surface area contributed by atoms with Gasteiger partial charge in [-0.1, -0.05) is 36.4 Å². The van der Waals surface area contributed by atoms with Crippen molar-refractivity contribution in [1.82, 2.24) is 4.40 Å². The molecule has 0 saturated heterocycles.